The third-order valence-corrected chi connectivity index (χ3v) is 4.49. The quantitative estimate of drug-likeness (QED) is 0.541. The fourth-order valence-corrected chi connectivity index (χ4v) is 3.15. The molecular formula is C15H14IN5O3. The monoisotopic (exact) mass is 439 g/mol. The van der Waals surface area contributed by atoms with Crippen molar-refractivity contribution in [3.05, 3.63) is 50.2 Å². The number of carboxylic acid groups (broad SMARTS) is 1. The van der Waals surface area contributed by atoms with Crippen molar-refractivity contribution in [1.82, 2.24) is 25.1 Å². The first-order valence-electron chi connectivity index (χ1n) is 7.23. The molecule has 3 rings (SSSR count). The van der Waals surface area contributed by atoms with Gasteiger partial charge in [0.2, 0.25) is 0 Å². The van der Waals surface area contributed by atoms with Crippen LogP contribution in [0.2, 0.25) is 0 Å². The summed E-state index contributed by atoms with van der Waals surface area (Å²) in [6, 6.07) is 6.36. The molecule has 0 radical (unpaired) electrons. The number of benzene rings is 1. The zero-order valence-electron chi connectivity index (χ0n) is 12.7. The lowest BCUT2D eigenvalue weighted by molar-refractivity contribution is 0.188. The molecule has 24 heavy (non-hydrogen) atoms. The lowest BCUT2D eigenvalue weighted by atomic mass is 10.1. The van der Waals surface area contributed by atoms with Crippen molar-refractivity contribution >= 4 is 39.6 Å². The minimum atomic E-state index is -1.17. The number of hydrogen-bond acceptors (Lipinski definition) is 4. The molecule has 124 valence electrons. The molecule has 1 unspecified atom stereocenters. The van der Waals surface area contributed by atoms with Gasteiger partial charge in [-0.05, 0) is 41.1 Å². The van der Waals surface area contributed by atoms with Crippen molar-refractivity contribution < 1.29 is 9.90 Å². The number of rotatable bonds is 4. The van der Waals surface area contributed by atoms with Crippen LogP contribution in [0.25, 0.3) is 16.7 Å². The van der Waals surface area contributed by atoms with Gasteiger partial charge >= 0.3 is 6.09 Å². The van der Waals surface area contributed by atoms with Crippen molar-refractivity contribution in [2.75, 3.05) is 0 Å². The van der Waals surface area contributed by atoms with Gasteiger partial charge in [0.1, 0.15) is 11.6 Å². The Kier molecular flexibility index (Phi) is 4.51. The van der Waals surface area contributed by atoms with Gasteiger partial charge in [0.25, 0.3) is 5.56 Å². The van der Waals surface area contributed by atoms with E-state index in [0.717, 1.165) is 3.57 Å². The molecule has 0 aliphatic rings. The van der Waals surface area contributed by atoms with E-state index < -0.39 is 12.1 Å². The number of hydrogen-bond donors (Lipinski definition) is 3. The zero-order chi connectivity index (χ0) is 17.3. The Morgan fingerprint density at radius 3 is 2.88 bits per heavy atom. The lowest BCUT2D eigenvalue weighted by Gasteiger charge is -2.19. The fraction of sp³-hybridized carbons (Fsp3) is 0.200. The Hall–Kier alpha value is -2.43. The van der Waals surface area contributed by atoms with E-state index in [1.54, 1.807) is 18.2 Å². The van der Waals surface area contributed by atoms with Crippen LogP contribution in [0.4, 0.5) is 4.79 Å². The standard InChI is InChI=1S/C15H14IN5O3/c1-2-10(18-15(23)24)13-19-12-8(4-3-5-9(12)16)14(22)21(13)11-6-7-17-20-11/h3-7,10,18H,2H2,1H3,(H,17,20)(H,23,24). The molecule has 3 aromatic rings. The summed E-state index contributed by atoms with van der Waals surface area (Å²) in [7, 11) is 0. The van der Waals surface area contributed by atoms with Gasteiger partial charge in [-0.2, -0.15) is 5.10 Å². The van der Waals surface area contributed by atoms with Crippen LogP contribution in [0, 0.1) is 3.57 Å². The molecule has 0 aliphatic heterocycles. The largest absolute Gasteiger partial charge is 0.465 e. The molecule has 1 amide bonds. The Morgan fingerprint density at radius 1 is 1.46 bits per heavy atom. The van der Waals surface area contributed by atoms with Gasteiger partial charge in [-0.25, -0.2) is 14.3 Å². The van der Waals surface area contributed by atoms with Gasteiger partial charge in [-0.15, -0.1) is 0 Å². The summed E-state index contributed by atoms with van der Waals surface area (Å²) in [5.74, 6) is 0.764. The first-order valence-corrected chi connectivity index (χ1v) is 8.31. The molecule has 8 nitrogen and oxygen atoms in total. The predicted molar refractivity (Wildman–Crippen MR) is 96.4 cm³/mol. The smallest absolute Gasteiger partial charge is 0.405 e. The molecule has 0 saturated carbocycles. The highest BCUT2D eigenvalue weighted by Gasteiger charge is 2.22. The van der Waals surface area contributed by atoms with Gasteiger partial charge in [-0.3, -0.25) is 9.89 Å². The molecular weight excluding hydrogens is 425 g/mol. The molecule has 0 fully saturated rings. The Labute approximate surface area is 150 Å². The first kappa shape index (κ1) is 16.4. The van der Waals surface area contributed by atoms with Crippen LogP contribution in [0.5, 0.6) is 0 Å². The van der Waals surface area contributed by atoms with E-state index in [2.05, 4.69) is 43.1 Å². The first-order chi connectivity index (χ1) is 11.5. The maximum absolute atomic E-state index is 13.0. The van der Waals surface area contributed by atoms with Crippen LogP contribution >= 0.6 is 22.6 Å². The molecule has 0 saturated heterocycles. The van der Waals surface area contributed by atoms with Gasteiger partial charge < -0.3 is 10.4 Å². The van der Waals surface area contributed by atoms with Crippen LogP contribution < -0.4 is 10.9 Å². The topological polar surface area (TPSA) is 113 Å². The van der Waals surface area contributed by atoms with Crippen LogP contribution in [-0.4, -0.2) is 30.9 Å². The number of nitrogens with one attached hydrogen (secondary N) is 2. The fourth-order valence-electron chi connectivity index (χ4n) is 2.53. The number of para-hydroxylation sites is 1. The SMILES string of the molecule is CCC(NC(=O)O)c1nc2c(I)cccc2c(=O)n1-c1ccn[nH]1. The average molecular weight is 439 g/mol. The average Bonchev–Trinajstić information content (AvgIpc) is 3.07. The van der Waals surface area contributed by atoms with E-state index in [1.807, 2.05) is 13.0 Å². The third kappa shape index (κ3) is 2.86. The Morgan fingerprint density at radius 2 is 2.25 bits per heavy atom. The second-order valence-corrected chi connectivity index (χ2v) is 6.26. The Bertz CT molecular complexity index is 952. The Balaban J connectivity index is 2.37. The van der Waals surface area contributed by atoms with Gasteiger partial charge in [0, 0.05) is 9.64 Å². The van der Waals surface area contributed by atoms with Crippen molar-refractivity contribution in [3.8, 4) is 5.82 Å². The van der Waals surface area contributed by atoms with Crippen molar-refractivity contribution in [2.24, 2.45) is 0 Å². The molecule has 0 aliphatic carbocycles. The van der Waals surface area contributed by atoms with Crippen LogP contribution in [-0.2, 0) is 0 Å². The highest BCUT2D eigenvalue weighted by atomic mass is 127. The summed E-state index contributed by atoms with van der Waals surface area (Å²) < 4.78 is 2.19. The summed E-state index contributed by atoms with van der Waals surface area (Å²) in [5, 5.41) is 18.6. The number of nitrogens with zero attached hydrogens (tertiary/aromatic N) is 3. The summed E-state index contributed by atoms with van der Waals surface area (Å²) >= 11 is 2.11. The maximum Gasteiger partial charge on any atom is 0.405 e. The van der Waals surface area contributed by atoms with Crippen LogP contribution in [0.1, 0.15) is 25.2 Å². The number of aromatic nitrogens is 4. The molecule has 2 aromatic heterocycles. The van der Waals surface area contributed by atoms with Crippen LogP contribution in [0.15, 0.2) is 35.3 Å². The van der Waals surface area contributed by atoms with E-state index in [9.17, 15) is 9.59 Å². The molecule has 0 spiro atoms. The van der Waals surface area contributed by atoms with E-state index in [-0.39, 0.29) is 5.56 Å². The molecule has 1 atom stereocenters. The van der Waals surface area contributed by atoms with E-state index in [0.29, 0.717) is 29.0 Å². The predicted octanol–water partition coefficient (Wildman–Crippen LogP) is 2.43. The molecule has 1 aromatic carbocycles. The number of fused-ring (bicyclic) bond motifs is 1. The highest BCUT2D eigenvalue weighted by molar-refractivity contribution is 14.1. The van der Waals surface area contributed by atoms with Crippen molar-refractivity contribution in [2.45, 2.75) is 19.4 Å². The minimum absolute atomic E-state index is 0.275. The van der Waals surface area contributed by atoms with Gasteiger partial charge in [-0.1, -0.05) is 13.0 Å². The number of carbonyl (C=O) groups is 1. The zero-order valence-corrected chi connectivity index (χ0v) is 14.8. The summed E-state index contributed by atoms with van der Waals surface area (Å²) in [6.07, 6.45) is 0.799. The number of H-pyrrole nitrogens is 1. The van der Waals surface area contributed by atoms with Gasteiger partial charge in [0.05, 0.1) is 23.1 Å². The molecule has 9 heteroatoms. The second kappa shape index (κ2) is 6.59. The van der Waals surface area contributed by atoms with E-state index in [1.165, 1.54) is 10.8 Å². The lowest BCUT2D eigenvalue weighted by Crippen LogP contribution is -2.33. The second-order valence-electron chi connectivity index (χ2n) is 5.10. The molecule has 3 N–H and O–H groups in total. The van der Waals surface area contributed by atoms with Crippen molar-refractivity contribution in [1.29, 1.82) is 0 Å². The van der Waals surface area contributed by atoms with Crippen molar-refractivity contribution in [3.63, 3.8) is 0 Å². The van der Waals surface area contributed by atoms with E-state index >= 15 is 0 Å². The maximum atomic E-state index is 13.0. The third-order valence-electron chi connectivity index (χ3n) is 3.62. The summed E-state index contributed by atoms with van der Waals surface area (Å²) in [5.41, 5.74) is 0.280. The highest BCUT2D eigenvalue weighted by Crippen LogP contribution is 2.22. The van der Waals surface area contributed by atoms with E-state index in [4.69, 9.17) is 5.11 Å². The number of aromatic amines is 1. The molecule has 2 heterocycles. The summed E-state index contributed by atoms with van der Waals surface area (Å²) in [4.78, 5) is 28.7. The minimum Gasteiger partial charge on any atom is -0.465 e. The number of amides is 1. The summed E-state index contributed by atoms with van der Waals surface area (Å²) in [6.45, 7) is 1.82. The normalized spacial score (nSPS) is 12.2. The molecule has 0 bridgehead atoms. The number of halogens is 1. The van der Waals surface area contributed by atoms with Gasteiger partial charge in [0.15, 0.2) is 0 Å². The van der Waals surface area contributed by atoms with Crippen LogP contribution in [0.3, 0.4) is 0 Å².